The van der Waals surface area contributed by atoms with Crippen LogP contribution < -0.4 is 23.1 Å². The van der Waals surface area contributed by atoms with Gasteiger partial charge in [0, 0.05) is 35.3 Å². The van der Waals surface area contributed by atoms with Crippen LogP contribution >= 0.6 is 0 Å². The maximum Gasteiger partial charge on any atom is 0.250 e. The van der Waals surface area contributed by atoms with Crippen molar-refractivity contribution in [3.8, 4) is 28.7 Å². The van der Waals surface area contributed by atoms with Gasteiger partial charge in [0.1, 0.15) is 41.5 Å². The SMILES string of the molecule is CC(C)(C)[Si](C)(C)Oc1ccc2c(c1)OC(c1ccc(OCC=O)cc1)C1=C2CCOc2cc(O[Si](C)(C)C(C)(C)C)ccc21. The van der Waals surface area contributed by atoms with Gasteiger partial charge in [-0.15, -0.1) is 0 Å². The standard InChI is InChI=1S/C37H48O6Si2/c1-36(2,3)44(7,8)42-27-16-18-31-32(23-27)40-21-19-30-29-17-15-28(43-45(9,10)37(4,5)6)24-33(29)41-35(34(30)31)25-11-13-26(14-12-25)39-22-20-38/h11-18,20,23-24,35H,19,21-22H2,1-10H3. The lowest BCUT2D eigenvalue weighted by molar-refractivity contribution is -0.109. The molecule has 8 heteroatoms. The number of aldehydes is 1. The third kappa shape index (κ3) is 6.72. The molecule has 1 atom stereocenters. The molecule has 2 heterocycles. The molecule has 6 nitrogen and oxygen atoms in total. The number of hydrogen-bond acceptors (Lipinski definition) is 6. The van der Waals surface area contributed by atoms with Crippen molar-refractivity contribution >= 4 is 34.1 Å². The van der Waals surface area contributed by atoms with Gasteiger partial charge in [-0.05, 0) is 83.8 Å². The third-order valence-corrected chi connectivity index (χ3v) is 18.5. The van der Waals surface area contributed by atoms with Crippen molar-refractivity contribution in [2.45, 2.75) is 90.3 Å². The van der Waals surface area contributed by atoms with E-state index in [9.17, 15) is 4.79 Å². The van der Waals surface area contributed by atoms with Gasteiger partial charge in [-0.2, -0.15) is 0 Å². The van der Waals surface area contributed by atoms with Crippen molar-refractivity contribution in [2.75, 3.05) is 13.2 Å². The van der Waals surface area contributed by atoms with Gasteiger partial charge in [-0.3, -0.25) is 4.79 Å². The normalized spacial score (nSPS) is 16.7. The van der Waals surface area contributed by atoms with E-state index in [1.165, 1.54) is 5.57 Å². The highest BCUT2D eigenvalue weighted by molar-refractivity contribution is 6.75. The quantitative estimate of drug-likeness (QED) is 0.180. The van der Waals surface area contributed by atoms with Crippen molar-refractivity contribution in [3.05, 3.63) is 77.4 Å². The Kier molecular flexibility index (Phi) is 8.79. The Labute approximate surface area is 271 Å². The van der Waals surface area contributed by atoms with Gasteiger partial charge in [0.2, 0.25) is 16.6 Å². The Hall–Kier alpha value is -3.50. The monoisotopic (exact) mass is 644 g/mol. The van der Waals surface area contributed by atoms with E-state index in [0.717, 1.165) is 58.0 Å². The van der Waals surface area contributed by atoms with Gasteiger partial charge >= 0.3 is 0 Å². The van der Waals surface area contributed by atoms with Crippen molar-refractivity contribution in [3.63, 3.8) is 0 Å². The molecule has 0 saturated heterocycles. The molecule has 2 aliphatic rings. The summed E-state index contributed by atoms with van der Waals surface area (Å²) in [6, 6.07) is 20.3. The third-order valence-electron chi connectivity index (χ3n) is 9.82. The summed E-state index contributed by atoms with van der Waals surface area (Å²) in [4.78, 5) is 10.9. The van der Waals surface area contributed by atoms with E-state index in [1.54, 1.807) is 0 Å². The first-order valence-electron chi connectivity index (χ1n) is 15.9. The molecule has 0 N–H and O–H groups in total. The molecular formula is C37H48O6Si2. The van der Waals surface area contributed by atoms with Crippen LogP contribution in [0.25, 0.3) is 11.1 Å². The molecule has 1 unspecified atom stereocenters. The maximum absolute atomic E-state index is 10.9. The Morgan fingerprint density at radius 1 is 0.756 bits per heavy atom. The molecule has 2 aliphatic heterocycles. The van der Waals surface area contributed by atoms with Crippen molar-refractivity contribution in [1.29, 1.82) is 0 Å². The second-order valence-electron chi connectivity index (χ2n) is 15.1. The summed E-state index contributed by atoms with van der Waals surface area (Å²) in [5.41, 5.74) is 5.35. The van der Waals surface area contributed by atoms with E-state index in [1.807, 2.05) is 30.3 Å². The number of carbonyl (C=O) groups excluding carboxylic acids is 1. The minimum absolute atomic E-state index is 0.0168. The zero-order valence-electron chi connectivity index (χ0n) is 28.5. The first-order valence-corrected chi connectivity index (χ1v) is 21.7. The van der Waals surface area contributed by atoms with Crippen LogP contribution in [0, 0.1) is 0 Å². The van der Waals surface area contributed by atoms with E-state index in [2.05, 4.69) is 98.1 Å². The number of rotatable bonds is 8. The topological polar surface area (TPSA) is 63.2 Å². The lowest BCUT2D eigenvalue weighted by Crippen LogP contribution is -2.43. The predicted octanol–water partition coefficient (Wildman–Crippen LogP) is 9.86. The van der Waals surface area contributed by atoms with Gasteiger partial charge in [0.05, 0.1) is 6.61 Å². The smallest absolute Gasteiger partial charge is 0.250 e. The molecule has 240 valence electrons. The number of benzene rings is 3. The van der Waals surface area contributed by atoms with E-state index in [-0.39, 0.29) is 22.8 Å². The number of hydrogen-bond donors (Lipinski definition) is 0. The summed E-state index contributed by atoms with van der Waals surface area (Å²) in [5, 5.41) is 0.155. The average Bonchev–Trinajstić information content (AvgIpc) is 3.14. The molecule has 5 rings (SSSR count). The molecule has 0 saturated carbocycles. The maximum atomic E-state index is 10.9. The van der Waals surface area contributed by atoms with Crippen LogP contribution in [0.15, 0.2) is 60.7 Å². The van der Waals surface area contributed by atoms with Crippen molar-refractivity contribution in [1.82, 2.24) is 0 Å². The summed E-state index contributed by atoms with van der Waals surface area (Å²) >= 11 is 0. The zero-order chi connectivity index (χ0) is 32.8. The van der Waals surface area contributed by atoms with Crippen LogP contribution in [0.3, 0.4) is 0 Å². The van der Waals surface area contributed by atoms with E-state index >= 15 is 0 Å². The highest BCUT2D eigenvalue weighted by Gasteiger charge is 2.41. The molecule has 0 radical (unpaired) electrons. The fourth-order valence-corrected chi connectivity index (χ4v) is 7.19. The number of ether oxygens (including phenoxy) is 3. The lowest BCUT2D eigenvalue weighted by atomic mass is 9.84. The second kappa shape index (κ2) is 12.0. The molecule has 0 aromatic heterocycles. The van der Waals surface area contributed by atoms with Gasteiger partial charge in [-0.1, -0.05) is 53.7 Å². The van der Waals surface area contributed by atoms with Gasteiger partial charge in [0.25, 0.3) is 0 Å². The van der Waals surface area contributed by atoms with Gasteiger partial charge < -0.3 is 23.1 Å². The molecule has 0 bridgehead atoms. The van der Waals surface area contributed by atoms with Crippen LogP contribution in [-0.2, 0) is 4.79 Å². The molecule has 3 aromatic rings. The molecule has 0 amide bonds. The van der Waals surface area contributed by atoms with Crippen LogP contribution in [0.4, 0.5) is 0 Å². The van der Waals surface area contributed by atoms with Gasteiger partial charge in [-0.25, -0.2) is 0 Å². The lowest BCUT2D eigenvalue weighted by Gasteiger charge is -2.37. The summed E-state index contributed by atoms with van der Waals surface area (Å²) < 4.78 is 32.2. The van der Waals surface area contributed by atoms with Crippen LogP contribution in [0.5, 0.6) is 28.7 Å². The minimum atomic E-state index is -2.05. The molecule has 0 fully saturated rings. The van der Waals surface area contributed by atoms with Crippen LogP contribution in [-0.4, -0.2) is 36.1 Å². The zero-order valence-corrected chi connectivity index (χ0v) is 30.5. The molecule has 0 spiro atoms. The van der Waals surface area contributed by atoms with Crippen molar-refractivity contribution < 1.29 is 27.9 Å². The van der Waals surface area contributed by atoms with E-state index in [0.29, 0.717) is 12.4 Å². The van der Waals surface area contributed by atoms with E-state index in [4.69, 9.17) is 23.1 Å². The molecule has 3 aromatic carbocycles. The van der Waals surface area contributed by atoms with Gasteiger partial charge in [0.15, 0.2) is 6.29 Å². The summed E-state index contributed by atoms with van der Waals surface area (Å²) in [7, 11) is -4.09. The van der Waals surface area contributed by atoms with Crippen LogP contribution in [0.2, 0.25) is 36.3 Å². The second-order valence-corrected chi connectivity index (χ2v) is 24.5. The number of carbonyl (C=O) groups is 1. The largest absolute Gasteiger partial charge is 0.543 e. The fraction of sp³-hybridized carbons (Fsp3) is 0.432. The Bertz CT molecular complexity index is 1590. The Balaban J connectivity index is 1.61. The highest BCUT2D eigenvalue weighted by atomic mass is 28.4. The summed E-state index contributed by atoms with van der Waals surface area (Å²) in [6.07, 6.45) is 1.10. The highest BCUT2D eigenvalue weighted by Crippen LogP contribution is 2.53. The first-order chi connectivity index (χ1) is 21.0. The molecule has 0 aliphatic carbocycles. The summed E-state index contributed by atoms with van der Waals surface area (Å²) in [6.45, 7) is 23.1. The predicted molar refractivity (Wildman–Crippen MR) is 187 cm³/mol. The molecule has 45 heavy (non-hydrogen) atoms. The minimum Gasteiger partial charge on any atom is -0.543 e. The van der Waals surface area contributed by atoms with Crippen LogP contribution in [0.1, 0.15) is 70.8 Å². The Morgan fingerprint density at radius 2 is 1.29 bits per heavy atom. The average molecular weight is 645 g/mol. The van der Waals surface area contributed by atoms with E-state index < -0.39 is 16.6 Å². The van der Waals surface area contributed by atoms with Crippen molar-refractivity contribution in [2.24, 2.45) is 0 Å². The number of fused-ring (bicyclic) bond motifs is 4. The molecular weight excluding hydrogens is 597 g/mol. The fourth-order valence-electron chi connectivity index (χ4n) is 5.15. The first kappa shape index (κ1) is 32.9. The Morgan fingerprint density at radius 3 is 1.84 bits per heavy atom. The summed E-state index contributed by atoms with van der Waals surface area (Å²) in [5.74, 6) is 3.91.